The molecule has 0 aromatic heterocycles. The van der Waals surface area contributed by atoms with Crippen LogP contribution in [0.15, 0.2) is 18.2 Å². The van der Waals surface area contributed by atoms with Gasteiger partial charge in [0.15, 0.2) is 0 Å². The Bertz CT molecular complexity index is 493. The third-order valence-electron chi connectivity index (χ3n) is 3.71. The Hall–Kier alpha value is -1.39. The number of carbonyl (C=O) groups excluding carboxylic acids is 1. The van der Waals surface area contributed by atoms with E-state index in [-0.39, 0.29) is 12.2 Å². The summed E-state index contributed by atoms with van der Waals surface area (Å²) >= 11 is 0. The Morgan fingerprint density at radius 2 is 2.14 bits per heavy atom. The number of aliphatic hydroxyl groups is 1. The number of amides is 1. The first-order chi connectivity index (χ1) is 9.91. The van der Waals surface area contributed by atoms with Crippen LogP contribution in [0.3, 0.4) is 0 Å². The van der Waals surface area contributed by atoms with Crippen molar-refractivity contribution in [2.75, 3.05) is 6.61 Å². The highest BCUT2D eigenvalue weighted by Gasteiger charge is 2.20. The number of hydrogen-bond acceptors (Lipinski definition) is 3. The molecule has 0 spiro atoms. The van der Waals surface area contributed by atoms with Gasteiger partial charge in [0.2, 0.25) is 6.41 Å². The molecule has 116 valence electrons. The van der Waals surface area contributed by atoms with E-state index in [9.17, 15) is 9.90 Å². The molecule has 1 N–H and O–H groups in total. The second kappa shape index (κ2) is 6.58. The lowest BCUT2D eigenvalue weighted by Crippen LogP contribution is -2.32. The van der Waals surface area contributed by atoms with Crippen molar-refractivity contribution >= 4 is 6.41 Å². The number of carbonyl (C=O) groups is 1. The molecule has 4 nitrogen and oxygen atoms in total. The average Bonchev–Trinajstić information content (AvgIpc) is 2.44. The van der Waals surface area contributed by atoms with Gasteiger partial charge in [0.1, 0.15) is 0 Å². The van der Waals surface area contributed by atoms with E-state index >= 15 is 0 Å². The predicted octanol–water partition coefficient (Wildman–Crippen LogP) is 2.47. The third-order valence-corrected chi connectivity index (χ3v) is 3.71. The van der Waals surface area contributed by atoms with Gasteiger partial charge in [0.05, 0.1) is 12.1 Å². The predicted molar refractivity (Wildman–Crippen MR) is 81.5 cm³/mol. The van der Waals surface area contributed by atoms with Gasteiger partial charge in [-0.25, -0.2) is 5.06 Å². The van der Waals surface area contributed by atoms with Crippen molar-refractivity contribution < 1.29 is 14.7 Å². The van der Waals surface area contributed by atoms with Gasteiger partial charge in [-0.2, -0.15) is 0 Å². The molecule has 0 saturated heterocycles. The van der Waals surface area contributed by atoms with Gasteiger partial charge in [-0.3, -0.25) is 9.63 Å². The van der Waals surface area contributed by atoms with Crippen LogP contribution in [-0.2, 0) is 29.0 Å². The van der Waals surface area contributed by atoms with Crippen LogP contribution in [0.1, 0.15) is 43.9 Å². The topological polar surface area (TPSA) is 49.8 Å². The zero-order valence-electron chi connectivity index (χ0n) is 13.1. The largest absolute Gasteiger partial charge is 0.396 e. The van der Waals surface area contributed by atoms with Crippen LogP contribution in [0.4, 0.5) is 0 Å². The van der Waals surface area contributed by atoms with Gasteiger partial charge in [0, 0.05) is 6.61 Å². The molecular weight excluding hydrogens is 266 g/mol. The fraction of sp³-hybridized carbons (Fsp3) is 0.588. The number of aliphatic hydroxyl groups excluding tert-OH is 1. The van der Waals surface area contributed by atoms with Gasteiger partial charge in [-0.1, -0.05) is 18.2 Å². The van der Waals surface area contributed by atoms with Crippen molar-refractivity contribution in [2.45, 2.75) is 52.2 Å². The summed E-state index contributed by atoms with van der Waals surface area (Å²) in [5.74, 6) is 0.388. The molecule has 21 heavy (non-hydrogen) atoms. The van der Waals surface area contributed by atoms with Gasteiger partial charge in [-0.15, -0.1) is 0 Å². The highest BCUT2D eigenvalue weighted by atomic mass is 16.7. The summed E-state index contributed by atoms with van der Waals surface area (Å²) in [5, 5.41) is 10.6. The second-order valence-electron chi connectivity index (χ2n) is 6.78. The molecule has 0 saturated carbocycles. The first-order valence-electron chi connectivity index (χ1n) is 7.54. The van der Waals surface area contributed by atoms with Crippen LogP contribution in [0.2, 0.25) is 0 Å². The quantitative estimate of drug-likeness (QED) is 0.670. The van der Waals surface area contributed by atoms with E-state index in [1.54, 1.807) is 0 Å². The maximum absolute atomic E-state index is 11.1. The van der Waals surface area contributed by atoms with E-state index < -0.39 is 0 Å². The van der Waals surface area contributed by atoms with Crippen LogP contribution in [0.5, 0.6) is 0 Å². The van der Waals surface area contributed by atoms with Gasteiger partial charge in [-0.05, 0) is 62.6 Å². The van der Waals surface area contributed by atoms with Crippen molar-refractivity contribution in [3.8, 4) is 0 Å². The van der Waals surface area contributed by atoms with Gasteiger partial charge >= 0.3 is 0 Å². The highest BCUT2D eigenvalue weighted by Crippen LogP contribution is 2.26. The lowest BCUT2D eigenvalue weighted by molar-refractivity contribution is -0.220. The number of nitrogens with zero attached hydrogens (tertiary/aromatic N) is 1. The molecule has 1 aromatic carbocycles. The lowest BCUT2D eigenvalue weighted by atomic mass is 9.83. The van der Waals surface area contributed by atoms with E-state index in [0.29, 0.717) is 12.5 Å². The smallest absolute Gasteiger partial charge is 0.233 e. The Morgan fingerprint density at radius 1 is 1.38 bits per heavy atom. The third kappa shape index (κ3) is 4.55. The molecule has 1 amide bonds. The molecule has 0 heterocycles. The molecule has 0 unspecified atom stereocenters. The fourth-order valence-corrected chi connectivity index (χ4v) is 2.76. The molecule has 2 rings (SSSR count). The molecule has 1 atom stereocenters. The van der Waals surface area contributed by atoms with Crippen LogP contribution < -0.4 is 0 Å². The fourth-order valence-electron chi connectivity index (χ4n) is 2.76. The molecule has 4 heteroatoms. The van der Waals surface area contributed by atoms with Crippen molar-refractivity contribution in [2.24, 2.45) is 5.92 Å². The Balaban J connectivity index is 2.06. The van der Waals surface area contributed by atoms with Crippen molar-refractivity contribution in [1.82, 2.24) is 5.06 Å². The standard InChI is InChI=1S/C17H25NO3/c1-17(2,3)21-18(12-20)10-13-4-6-16-9-14(11-19)5-7-15(16)8-13/h4,6,8,12,14,19H,5,7,9-11H2,1-3H3/t14-/m0/s1. The molecular formula is C17H25NO3. The minimum Gasteiger partial charge on any atom is -0.396 e. The van der Waals surface area contributed by atoms with E-state index in [0.717, 1.165) is 31.2 Å². The summed E-state index contributed by atoms with van der Waals surface area (Å²) in [5.41, 5.74) is 3.34. The Labute approximate surface area is 126 Å². The molecule has 0 aliphatic heterocycles. The number of hydroxylamine groups is 2. The van der Waals surface area contributed by atoms with E-state index in [1.165, 1.54) is 16.2 Å². The minimum atomic E-state index is -0.385. The first kappa shape index (κ1) is 16.0. The maximum Gasteiger partial charge on any atom is 0.233 e. The van der Waals surface area contributed by atoms with E-state index in [1.807, 2.05) is 26.8 Å². The van der Waals surface area contributed by atoms with E-state index in [2.05, 4.69) is 12.1 Å². The number of aryl methyl sites for hydroxylation is 1. The number of fused-ring (bicyclic) bond motifs is 1. The molecule has 0 fully saturated rings. The second-order valence-corrected chi connectivity index (χ2v) is 6.78. The summed E-state index contributed by atoms with van der Waals surface area (Å²) < 4.78 is 0. The Kier molecular flexibility index (Phi) is 5.01. The SMILES string of the molecule is CC(C)(C)ON(C=O)Cc1ccc2c(c1)CC[C@H](CO)C2. The number of benzene rings is 1. The molecule has 1 aromatic rings. The highest BCUT2D eigenvalue weighted by molar-refractivity contribution is 5.46. The van der Waals surface area contributed by atoms with Crippen LogP contribution in [-0.4, -0.2) is 28.8 Å². The average molecular weight is 291 g/mol. The molecule has 0 radical (unpaired) electrons. The molecule has 1 aliphatic carbocycles. The monoisotopic (exact) mass is 291 g/mol. The van der Waals surface area contributed by atoms with Crippen LogP contribution in [0.25, 0.3) is 0 Å². The van der Waals surface area contributed by atoms with Crippen molar-refractivity contribution in [3.63, 3.8) is 0 Å². The summed E-state index contributed by atoms with van der Waals surface area (Å²) in [6.45, 7) is 6.49. The minimum absolute atomic E-state index is 0.263. The normalized spacial score (nSPS) is 18.2. The summed E-state index contributed by atoms with van der Waals surface area (Å²) in [7, 11) is 0. The maximum atomic E-state index is 11.1. The van der Waals surface area contributed by atoms with Crippen molar-refractivity contribution in [3.05, 3.63) is 34.9 Å². The van der Waals surface area contributed by atoms with Crippen molar-refractivity contribution in [1.29, 1.82) is 0 Å². The molecule has 0 bridgehead atoms. The summed E-state index contributed by atoms with van der Waals surface area (Å²) in [4.78, 5) is 16.7. The first-order valence-corrected chi connectivity index (χ1v) is 7.54. The van der Waals surface area contributed by atoms with E-state index in [4.69, 9.17) is 4.84 Å². The van der Waals surface area contributed by atoms with Gasteiger partial charge < -0.3 is 5.11 Å². The molecule has 1 aliphatic rings. The number of hydrogen-bond donors (Lipinski definition) is 1. The Morgan fingerprint density at radius 3 is 2.76 bits per heavy atom. The zero-order chi connectivity index (χ0) is 15.5. The zero-order valence-corrected chi connectivity index (χ0v) is 13.1. The van der Waals surface area contributed by atoms with Gasteiger partial charge in [0.25, 0.3) is 0 Å². The summed E-state index contributed by atoms with van der Waals surface area (Å²) in [6.07, 6.45) is 3.70. The van der Waals surface area contributed by atoms with Crippen LogP contribution in [0, 0.1) is 5.92 Å². The summed E-state index contributed by atoms with van der Waals surface area (Å²) in [6, 6.07) is 6.32. The number of rotatable bonds is 5. The lowest BCUT2D eigenvalue weighted by Gasteiger charge is -2.27. The van der Waals surface area contributed by atoms with Crippen LogP contribution >= 0.6 is 0 Å².